The number of piperidine rings is 1. The Balaban J connectivity index is 1.40. The molecule has 6 nitrogen and oxygen atoms in total. The number of carbonyl (C=O) groups excluding carboxylic acids is 2. The van der Waals surface area contributed by atoms with Crippen LogP contribution in [0.1, 0.15) is 35.5 Å². The Morgan fingerprint density at radius 3 is 2.63 bits per heavy atom. The molecular weight excluding hydrogens is 364 g/mol. The van der Waals surface area contributed by atoms with E-state index in [1.165, 1.54) is 16.9 Å². The van der Waals surface area contributed by atoms with Gasteiger partial charge < -0.3 is 14.4 Å². The molecule has 2 heterocycles. The van der Waals surface area contributed by atoms with E-state index < -0.39 is 5.97 Å². The lowest BCUT2D eigenvalue weighted by Gasteiger charge is -2.26. The monoisotopic (exact) mass is 388 g/mol. The van der Waals surface area contributed by atoms with Gasteiger partial charge in [0, 0.05) is 18.5 Å². The van der Waals surface area contributed by atoms with E-state index in [0.29, 0.717) is 12.3 Å². The number of likely N-dealkylation sites (tertiary alicyclic amines) is 1. The zero-order valence-electron chi connectivity index (χ0n) is 15.5. The van der Waals surface area contributed by atoms with Crippen molar-refractivity contribution in [3.05, 3.63) is 45.9 Å². The maximum Gasteiger partial charge on any atom is 0.312 e. The fraction of sp³-hybridized carbons (Fsp3) is 0.450. The van der Waals surface area contributed by atoms with Crippen molar-refractivity contribution < 1.29 is 19.1 Å². The highest BCUT2D eigenvalue weighted by Gasteiger charge is 2.18. The van der Waals surface area contributed by atoms with Gasteiger partial charge in [-0.25, -0.2) is 4.98 Å². The second-order valence-electron chi connectivity index (χ2n) is 6.61. The average Bonchev–Trinajstić information content (AvgIpc) is 3.13. The summed E-state index contributed by atoms with van der Waals surface area (Å²) in [5.74, 6) is 0.234. The molecule has 3 rings (SSSR count). The van der Waals surface area contributed by atoms with Crippen LogP contribution in [0.15, 0.2) is 29.6 Å². The van der Waals surface area contributed by atoms with E-state index in [0.717, 1.165) is 43.1 Å². The Hall–Kier alpha value is -2.41. The topological polar surface area (TPSA) is 68.7 Å². The molecule has 0 aliphatic carbocycles. The third-order valence-corrected chi connectivity index (χ3v) is 5.24. The highest BCUT2D eigenvalue weighted by Crippen LogP contribution is 2.16. The van der Waals surface area contributed by atoms with Crippen molar-refractivity contribution in [2.45, 2.75) is 39.2 Å². The lowest BCUT2D eigenvalue weighted by molar-refractivity contribution is -0.151. The third kappa shape index (κ3) is 6.06. The molecule has 1 aliphatic heterocycles. The molecule has 0 atom stereocenters. The van der Waals surface area contributed by atoms with Crippen molar-refractivity contribution in [2.24, 2.45) is 0 Å². The first-order chi connectivity index (χ1) is 13.1. The van der Waals surface area contributed by atoms with Crippen LogP contribution in [0.5, 0.6) is 5.75 Å². The summed E-state index contributed by atoms with van der Waals surface area (Å²) >= 11 is 1.44. The molecule has 1 aromatic heterocycles. The van der Waals surface area contributed by atoms with Crippen LogP contribution in [0.25, 0.3) is 0 Å². The minimum atomic E-state index is -0.434. The summed E-state index contributed by atoms with van der Waals surface area (Å²) in [7, 11) is 0. The summed E-state index contributed by atoms with van der Waals surface area (Å²) in [6, 6.07) is 7.81. The van der Waals surface area contributed by atoms with E-state index in [-0.39, 0.29) is 18.9 Å². The van der Waals surface area contributed by atoms with E-state index in [9.17, 15) is 9.59 Å². The molecule has 0 bridgehead atoms. The first-order valence-electron chi connectivity index (χ1n) is 9.16. The normalized spacial score (nSPS) is 14.0. The molecule has 1 amide bonds. The number of aryl methyl sites for hydroxylation is 1. The smallest absolute Gasteiger partial charge is 0.312 e. The predicted octanol–water partition coefficient (Wildman–Crippen LogP) is 3.13. The number of ether oxygens (including phenoxy) is 2. The maximum absolute atomic E-state index is 12.0. The first-order valence-corrected chi connectivity index (χ1v) is 10.0. The van der Waals surface area contributed by atoms with Gasteiger partial charge in [-0.3, -0.25) is 9.59 Å². The van der Waals surface area contributed by atoms with Crippen LogP contribution in [0, 0.1) is 6.92 Å². The van der Waals surface area contributed by atoms with Gasteiger partial charge in [0.05, 0.1) is 12.1 Å². The molecule has 1 aliphatic rings. The molecule has 0 unspecified atom stereocenters. The average molecular weight is 388 g/mol. The number of amides is 1. The standard InChI is InChI=1S/C20H24N2O4S/c1-15-5-7-17(8-6-15)25-12-18-21-16(14-27-18)11-20(24)26-13-19(23)22-9-3-2-4-10-22/h5-8,14H,2-4,9-13H2,1H3. The first kappa shape index (κ1) is 19.4. The van der Waals surface area contributed by atoms with Crippen molar-refractivity contribution in [2.75, 3.05) is 19.7 Å². The Labute approximate surface area is 163 Å². The number of thiazole rings is 1. The van der Waals surface area contributed by atoms with Gasteiger partial charge in [-0.1, -0.05) is 17.7 Å². The molecule has 2 aromatic rings. The van der Waals surface area contributed by atoms with Crippen molar-refractivity contribution in [1.29, 1.82) is 0 Å². The zero-order valence-corrected chi connectivity index (χ0v) is 16.3. The molecule has 1 aromatic carbocycles. The van der Waals surface area contributed by atoms with Gasteiger partial charge in [0.15, 0.2) is 6.61 Å². The van der Waals surface area contributed by atoms with Crippen LogP contribution >= 0.6 is 11.3 Å². The van der Waals surface area contributed by atoms with Crippen LogP contribution in [0.2, 0.25) is 0 Å². The fourth-order valence-corrected chi connectivity index (χ4v) is 3.56. The quantitative estimate of drug-likeness (QED) is 0.682. The van der Waals surface area contributed by atoms with Gasteiger partial charge in [0.2, 0.25) is 0 Å². The molecule has 1 saturated heterocycles. The van der Waals surface area contributed by atoms with E-state index >= 15 is 0 Å². The van der Waals surface area contributed by atoms with Crippen molar-refractivity contribution in [1.82, 2.24) is 9.88 Å². The fourth-order valence-electron chi connectivity index (χ4n) is 2.85. The second-order valence-corrected chi connectivity index (χ2v) is 7.56. The van der Waals surface area contributed by atoms with E-state index in [2.05, 4.69) is 4.98 Å². The summed E-state index contributed by atoms with van der Waals surface area (Å²) in [6.45, 7) is 3.71. The van der Waals surface area contributed by atoms with Crippen LogP contribution in [-0.4, -0.2) is 41.5 Å². The summed E-state index contributed by atoms with van der Waals surface area (Å²) in [6.07, 6.45) is 3.26. The molecule has 144 valence electrons. The van der Waals surface area contributed by atoms with Crippen LogP contribution in [0.3, 0.4) is 0 Å². The van der Waals surface area contributed by atoms with Crippen molar-refractivity contribution in [3.63, 3.8) is 0 Å². The number of esters is 1. The number of benzene rings is 1. The maximum atomic E-state index is 12.0. The van der Waals surface area contributed by atoms with Gasteiger partial charge in [0.25, 0.3) is 5.91 Å². The van der Waals surface area contributed by atoms with Crippen LogP contribution < -0.4 is 4.74 Å². The van der Waals surface area contributed by atoms with Crippen molar-refractivity contribution >= 4 is 23.2 Å². The summed E-state index contributed by atoms with van der Waals surface area (Å²) in [4.78, 5) is 30.1. The summed E-state index contributed by atoms with van der Waals surface area (Å²) in [5.41, 5.74) is 1.81. The Bertz CT molecular complexity index is 767. The summed E-state index contributed by atoms with van der Waals surface area (Å²) < 4.78 is 10.8. The molecule has 7 heteroatoms. The van der Waals surface area contributed by atoms with Gasteiger partial charge >= 0.3 is 5.97 Å². The number of hydrogen-bond acceptors (Lipinski definition) is 6. The third-order valence-electron chi connectivity index (χ3n) is 4.37. The molecule has 1 fully saturated rings. The second kappa shape index (κ2) is 9.50. The van der Waals surface area contributed by atoms with E-state index in [1.54, 1.807) is 4.90 Å². The SMILES string of the molecule is Cc1ccc(OCc2nc(CC(=O)OCC(=O)N3CCCCC3)cs2)cc1. The molecular formula is C20H24N2O4S. The molecule has 0 N–H and O–H groups in total. The highest BCUT2D eigenvalue weighted by atomic mass is 32.1. The predicted molar refractivity (Wildman–Crippen MR) is 103 cm³/mol. The Morgan fingerprint density at radius 1 is 1.15 bits per heavy atom. The van der Waals surface area contributed by atoms with Crippen LogP contribution in [-0.2, 0) is 27.4 Å². The number of aromatic nitrogens is 1. The Kier molecular flexibility index (Phi) is 6.81. The van der Waals surface area contributed by atoms with Crippen LogP contribution in [0.4, 0.5) is 0 Å². The Morgan fingerprint density at radius 2 is 1.89 bits per heavy atom. The van der Waals surface area contributed by atoms with Crippen molar-refractivity contribution in [3.8, 4) is 5.75 Å². The van der Waals surface area contributed by atoms with Gasteiger partial charge in [0.1, 0.15) is 17.4 Å². The molecule has 27 heavy (non-hydrogen) atoms. The zero-order chi connectivity index (χ0) is 19.1. The minimum absolute atomic E-state index is 0.0638. The lowest BCUT2D eigenvalue weighted by Crippen LogP contribution is -2.38. The molecule has 0 spiro atoms. The van der Waals surface area contributed by atoms with E-state index in [1.807, 2.05) is 36.6 Å². The van der Waals surface area contributed by atoms with E-state index in [4.69, 9.17) is 9.47 Å². The van der Waals surface area contributed by atoms with Gasteiger partial charge in [-0.05, 0) is 38.3 Å². The van der Waals surface area contributed by atoms with Gasteiger partial charge in [-0.15, -0.1) is 11.3 Å². The lowest BCUT2D eigenvalue weighted by atomic mass is 10.1. The minimum Gasteiger partial charge on any atom is -0.486 e. The molecule has 0 saturated carbocycles. The number of rotatable bonds is 7. The number of nitrogens with zero attached hydrogens (tertiary/aromatic N) is 2. The largest absolute Gasteiger partial charge is 0.486 e. The number of hydrogen-bond donors (Lipinski definition) is 0. The van der Waals surface area contributed by atoms with Gasteiger partial charge in [-0.2, -0.15) is 0 Å². The highest BCUT2D eigenvalue weighted by molar-refractivity contribution is 7.09. The molecule has 0 radical (unpaired) electrons. The summed E-state index contributed by atoms with van der Waals surface area (Å²) in [5, 5.41) is 2.62. The number of carbonyl (C=O) groups is 2.